The molecule has 0 fully saturated rings. The number of nitrogens with zero attached hydrogens (tertiary/aromatic N) is 1. The average Bonchev–Trinajstić information content (AvgIpc) is 3.27. The first-order valence-corrected chi connectivity index (χ1v) is 11.1. The molecule has 0 spiro atoms. The fraction of sp³-hybridized carbons (Fsp3) is 0.115. The lowest BCUT2D eigenvalue weighted by molar-refractivity contribution is 0.0999. The number of H-pyrrole nitrogens is 1. The van der Waals surface area contributed by atoms with Crippen molar-refractivity contribution in [2.45, 2.75) is 19.6 Å². The number of nitrogens with two attached hydrogens (primary N) is 1. The molecule has 1 atom stereocenters. The van der Waals surface area contributed by atoms with Gasteiger partial charge in [-0.05, 0) is 66.6 Å². The number of halogens is 1. The Balaban J connectivity index is 1.41. The Kier molecular flexibility index (Phi) is 7.15. The van der Waals surface area contributed by atoms with Crippen LogP contribution >= 0.6 is 0 Å². The predicted molar refractivity (Wildman–Crippen MR) is 136 cm³/mol. The summed E-state index contributed by atoms with van der Waals surface area (Å²) in [6.45, 7) is 1.81. The van der Waals surface area contributed by atoms with Gasteiger partial charge in [0.25, 0.3) is 11.8 Å². The molecule has 1 heterocycles. The number of hydrogen-bond acceptors (Lipinski definition) is 6. The number of anilines is 4. The van der Waals surface area contributed by atoms with Crippen LogP contribution in [0.3, 0.4) is 0 Å². The first-order chi connectivity index (χ1) is 17.3. The first-order valence-electron chi connectivity index (χ1n) is 11.1. The van der Waals surface area contributed by atoms with E-state index in [0.717, 1.165) is 5.56 Å². The molecule has 4 rings (SSSR count). The lowest BCUT2D eigenvalue weighted by Gasteiger charge is -2.10. The molecule has 0 saturated heterocycles. The average molecular weight is 489 g/mol. The number of aromatic nitrogens is 2. The Morgan fingerprint density at radius 1 is 1.00 bits per heavy atom. The van der Waals surface area contributed by atoms with Gasteiger partial charge in [0.2, 0.25) is 0 Å². The molecule has 7 N–H and O–H groups in total. The van der Waals surface area contributed by atoms with Gasteiger partial charge in [0.15, 0.2) is 5.82 Å². The highest BCUT2D eigenvalue weighted by Crippen LogP contribution is 2.26. The van der Waals surface area contributed by atoms with Crippen LogP contribution in [0.1, 0.15) is 44.9 Å². The van der Waals surface area contributed by atoms with Gasteiger partial charge in [-0.3, -0.25) is 14.7 Å². The molecule has 36 heavy (non-hydrogen) atoms. The van der Waals surface area contributed by atoms with Crippen LogP contribution in [-0.2, 0) is 6.54 Å². The zero-order valence-electron chi connectivity index (χ0n) is 19.4. The van der Waals surface area contributed by atoms with E-state index in [1.807, 2.05) is 0 Å². The third-order valence-electron chi connectivity index (χ3n) is 5.45. The number of carbonyl (C=O) groups is 2. The predicted octanol–water partition coefficient (Wildman–Crippen LogP) is 4.85. The Bertz CT molecular complexity index is 1350. The number of amides is 2. The molecule has 0 saturated carbocycles. The summed E-state index contributed by atoms with van der Waals surface area (Å²) in [5.41, 5.74) is 8.74. The number of aromatic hydroxyl groups is 1. The first kappa shape index (κ1) is 24.3. The van der Waals surface area contributed by atoms with Crippen molar-refractivity contribution in [3.05, 3.63) is 95.1 Å². The van der Waals surface area contributed by atoms with Crippen LogP contribution in [0.2, 0.25) is 0 Å². The van der Waals surface area contributed by atoms with Crippen LogP contribution < -0.4 is 21.7 Å². The largest absolute Gasteiger partial charge is 0.508 e. The summed E-state index contributed by atoms with van der Waals surface area (Å²) in [4.78, 5) is 24.6. The monoisotopic (exact) mass is 488 g/mol. The minimum Gasteiger partial charge on any atom is -0.508 e. The second-order valence-corrected chi connectivity index (χ2v) is 8.10. The number of phenolic OH excluding ortho intramolecular Hbond substituents is 1. The molecule has 3 aromatic carbocycles. The number of aromatic amines is 1. The molecular formula is C26H25FN6O3. The van der Waals surface area contributed by atoms with Gasteiger partial charge in [0.1, 0.15) is 23.3 Å². The fourth-order valence-electron chi connectivity index (χ4n) is 3.48. The molecule has 0 aliphatic heterocycles. The van der Waals surface area contributed by atoms with Gasteiger partial charge in [0, 0.05) is 23.5 Å². The van der Waals surface area contributed by atoms with E-state index in [-0.39, 0.29) is 23.0 Å². The maximum Gasteiger partial charge on any atom is 0.256 e. The Labute approximate surface area is 206 Å². The molecule has 0 bridgehead atoms. The van der Waals surface area contributed by atoms with Gasteiger partial charge < -0.3 is 26.8 Å². The Morgan fingerprint density at radius 2 is 1.64 bits per heavy atom. The van der Waals surface area contributed by atoms with Crippen molar-refractivity contribution in [2.75, 3.05) is 16.0 Å². The number of rotatable bonds is 9. The summed E-state index contributed by atoms with van der Waals surface area (Å²) in [5, 5.41) is 25.2. The van der Waals surface area contributed by atoms with Gasteiger partial charge in [-0.15, -0.1) is 0 Å². The highest BCUT2D eigenvalue weighted by atomic mass is 19.1. The number of hydrogen-bond donors (Lipinski definition) is 6. The summed E-state index contributed by atoms with van der Waals surface area (Å²) < 4.78 is 13.3. The molecule has 9 nitrogen and oxygen atoms in total. The molecule has 0 aliphatic carbocycles. The normalized spacial score (nSPS) is 11.5. The second-order valence-electron chi connectivity index (χ2n) is 8.10. The Morgan fingerprint density at radius 3 is 2.25 bits per heavy atom. The molecule has 1 unspecified atom stereocenters. The smallest absolute Gasteiger partial charge is 0.256 e. The van der Waals surface area contributed by atoms with E-state index in [1.54, 1.807) is 72.8 Å². The fourth-order valence-corrected chi connectivity index (χ4v) is 3.48. The van der Waals surface area contributed by atoms with E-state index in [9.17, 15) is 19.1 Å². The number of nitrogens with one attached hydrogen (secondary N) is 4. The summed E-state index contributed by atoms with van der Waals surface area (Å²) >= 11 is 0. The lowest BCUT2D eigenvalue weighted by Crippen LogP contribution is -2.15. The molecule has 2 amide bonds. The topological polar surface area (TPSA) is 145 Å². The molecule has 184 valence electrons. The molecule has 0 aliphatic rings. The number of alkyl halides is 1. The number of primary amides is 1. The van der Waals surface area contributed by atoms with Crippen molar-refractivity contribution in [2.24, 2.45) is 5.73 Å². The van der Waals surface area contributed by atoms with Crippen molar-refractivity contribution < 1.29 is 19.1 Å². The maximum absolute atomic E-state index is 13.3. The highest BCUT2D eigenvalue weighted by molar-refractivity contribution is 6.04. The molecule has 4 aromatic rings. The summed E-state index contributed by atoms with van der Waals surface area (Å²) in [6.07, 6.45) is -1.10. The Hall–Kier alpha value is -4.86. The number of carbonyl (C=O) groups excluding carboxylic acids is 2. The van der Waals surface area contributed by atoms with Crippen molar-refractivity contribution in [3.8, 4) is 5.75 Å². The standard InChI is InChI=1S/C26H25FN6O3/c1-15(27)17-4-6-18(7-5-17)26(36)31-20-10-8-19(9-11-20)30-25-22(23(28)35)24(32-33-25)29-14-16-2-12-21(34)13-3-16/h2-13,15,34H,14H2,1H3,(H2,28,35)(H,31,36)(H3,29,30,32,33). The van der Waals surface area contributed by atoms with E-state index in [4.69, 9.17) is 5.73 Å². The minimum atomic E-state index is -1.10. The maximum atomic E-state index is 13.3. The lowest BCUT2D eigenvalue weighted by atomic mass is 10.1. The van der Waals surface area contributed by atoms with Crippen LogP contribution in [0.25, 0.3) is 0 Å². The molecule has 1 aromatic heterocycles. The van der Waals surface area contributed by atoms with Crippen LogP contribution in [0, 0.1) is 0 Å². The third kappa shape index (κ3) is 5.79. The van der Waals surface area contributed by atoms with Gasteiger partial charge in [-0.1, -0.05) is 24.3 Å². The summed E-state index contributed by atoms with van der Waals surface area (Å²) in [7, 11) is 0. The van der Waals surface area contributed by atoms with Gasteiger partial charge in [-0.2, -0.15) is 5.10 Å². The molecule has 0 radical (unpaired) electrons. The van der Waals surface area contributed by atoms with Crippen molar-refractivity contribution >= 4 is 34.8 Å². The highest BCUT2D eigenvalue weighted by Gasteiger charge is 2.18. The quantitative estimate of drug-likeness (QED) is 0.199. The number of benzene rings is 3. The van der Waals surface area contributed by atoms with E-state index >= 15 is 0 Å². The second kappa shape index (κ2) is 10.6. The SMILES string of the molecule is CC(F)c1ccc(C(=O)Nc2ccc(Nc3[nH]nc(NCc4ccc(O)cc4)c3C(N)=O)cc2)cc1. The van der Waals surface area contributed by atoms with Crippen LogP contribution in [0.4, 0.5) is 27.4 Å². The molecular weight excluding hydrogens is 463 g/mol. The number of phenols is 1. The van der Waals surface area contributed by atoms with Gasteiger partial charge >= 0.3 is 0 Å². The third-order valence-corrected chi connectivity index (χ3v) is 5.45. The minimum absolute atomic E-state index is 0.162. The van der Waals surface area contributed by atoms with Crippen LogP contribution in [-0.4, -0.2) is 27.1 Å². The van der Waals surface area contributed by atoms with Crippen molar-refractivity contribution in [1.82, 2.24) is 10.2 Å². The van der Waals surface area contributed by atoms with Gasteiger partial charge in [0.05, 0.1) is 0 Å². The van der Waals surface area contributed by atoms with E-state index in [0.29, 0.717) is 34.9 Å². The van der Waals surface area contributed by atoms with Crippen LogP contribution in [0.15, 0.2) is 72.8 Å². The van der Waals surface area contributed by atoms with Crippen molar-refractivity contribution in [3.63, 3.8) is 0 Å². The van der Waals surface area contributed by atoms with E-state index < -0.39 is 12.1 Å². The summed E-state index contributed by atoms with van der Waals surface area (Å²) in [5.74, 6) is -0.223. The van der Waals surface area contributed by atoms with Crippen molar-refractivity contribution in [1.29, 1.82) is 0 Å². The van der Waals surface area contributed by atoms with Crippen LogP contribution in [0.5, 0.6) is 5.75 Å². The van der Waals surface area contributed by atoms with Gasteiger partial charge in [-0.25, -0.2) is 4.39 Å². The van der Waals surface area contributed by atoms with E-state index in [2.05, 4.69) is 26.1 Å². The molecule has 10 heteroatoms. The van der Waals surface area contributed by atoms with E-state index in [1.165, 1.54) is 6.92 Å². The summed E-state index contributed by atoms with van der Waals surface area (Å²) in [6, 6.07) is 19.8. The zero-order chi connectivity index (χ0) is 25.7. The zero-order valence-corrected chi connectivity index (χ0v) is 19.4.